The zero-order chi connectivity index (χ0) is 22.0. The van der Waals surface area contributed by atoms with E-state index in [-0.39, 0.29) is 0 Å². The monoisotopic (exact) mass is 532 g/mol. The fourth-order valence-corrected chi connectivity index (χ4v) is 13.9. The van der Waals surface area contributed by atoms with E-state index in [0.717, 1.165) is 32.1 Å². The lowest BCUT2D eigenvalue weighted by atomic mass is 10.1. The highest BCUT2D eigenvalue weighted by Gasteiger charge is 2.41. The number of rotatable bonds is 16. The lowest BCUT2D eigenvalue weighted by molar-refractivity contribution is -0.0466. The van der Waals surface area contributed by atoms with Crippen molar-refractivity contribution in [1.29, 1.82) is 0 Å². The van der Waals surface area contributed by atoms with Gasteiger partial charge in [-0.25, -0.2) is 0 Å². The second-order valence-electron chi connectivity index (χ2n) is 7.40. The Morgan fingerprint density at radius 1 is 0.821 bits per heavy atom. The normalized spacial score (nSPS) is 15.9. The molecule has 5 N–H and O–H groups in total. The fraction of sp³-hybridized carbons (Fsp3) is 1.00. The van der Waals surface area contributed by atoms with Crippen LogP contribution in [0.3, 0.4) is 0 Å². The number of aliphatic hydroxyl groups excluding tert-OH is 1. The summed E-state index contributed by atoms with van der Waals surface area (Å²) in [5.41, 5.74) is 0. The number of hydrogen-bond acceptors (Lipinski definition) is 9. The van der Waals surface area contributed by atoms with Crippen LogP contribution in [0.15, 0.2) is 0 Å². The number of hydrogen-bond donors (Lipinski definition) is 5. The SMILES string of the molecule is C[Si](C)(O)O[SiH](O)O[SiH](O[Si](C)(C)O)O[Si](Cl)(Cl)CCCCCCCC(O)O. The summed E-state index contributed by atoms with van der Waals surface area (Å²) in [7, 11) is -12.3. The van der Waals surface area contributed by atoms with Gasteiger partial charge in [-0.15, -0.1) is 22.2 Å². The maximum atomic E-state index is 10.0. The highest BCUT2D eigenvalue weighted by Crippen LogP contribution is 2.27. The first-order valence-electron chi connectivity index (χ1n) is 9.15. The average molecular weight is 534 g/mol. The molecule has 0 saturated carbocycles. The summed E-state index contributed by atoms with van der Waals surface area (Å²) >= 11 is 12.7. The van der Waals surface area contributed by atoms with E-state index in [1.807, 2.05) is 0 Å². The molecule has 0 aromatic rings. The lowest BCUT2D eigenvalue weighted by Gasteiger charge is -2.29. The maximum absolute atomic E-state index is 10.0. The predicted octanol–water partition coefficient (Wildman–Crippen LogP) is 0.935. The average Bonchev–Trinajstić information content (AvgIpc) is 2.40. The molecule has 0 saturated heterocycles. The molecular weight excluding hydrogens is 499 g/mol. The van der Waals surface area contributed by atoms with Crippen molar-refractivity contribution >= 4 is 65.3 Å². The molecule has 0 spiro atoms. The second kappa shape index (κ2) is 13.7. The zero-order valence-corrected chi connectivity index (χ0v) is 23.6. The van der Waals surface area contributed by atoms with Gasteiger partial charge in [0.05, 0.1) is 0 Å². The Morgan fingerprint density at radius 3 is 1.82 bits per heavy atom. The van der Waals surface area contributed by atoms with E-state index >= 15 is 0 Å². The van der Waals surface area contributed by atoms with Crippen LogP contribution in [0.1, 0.15) is 38.5 Å². The molecular formula is C12H34Cl2O9Si5. The van der Waals surface area contributed by atoms with Gasteiger partial charge in [-0.2, -0.15) is 0 Å². The fourth-order valence-electron chi connectivity index (χ4n) is 2.07. The molecule has 2 atom stereocenters. The minimum absolute atomic E-state index is 0.359. The van der Waals surface area contributed by atoms with E-state index in [4.69, 9.17) is 48.8 Å². The molecule has 0 amide bonds. The van der Waals surface area contributed by atoms with Crippen LogP contribution in [-0.4, -0.2) is 74.0 Å². The molecule has 0 aromatic heterocycles. The van der Waals surface area contributed by atoms with Crippen molar-refractivity contribution in [1.82, 2.24) is 0 Å². The first kappa shape index (κ1) is 29.3. The minimum Gasteiger partial charge on any atom is -0.411 e. The van der Waals surface area contributed by atoms with E-state index in [2.05, 4.69) is 0 Å². The van der Waals surface area contributed by atoms with Gasteiger partial charge in [0.15, 0.2) is 6.29 Å². The van der Waals surface area contributed by atoms with Crippen LogP contribution in [0, 0.1) is 0 Å². The van der Waals surface area contributed by atoms with Crippen molar-refractivity contribution in [2.75, 3.05) is 0 Å². The van der Waals surface area contributed by atoms with Crippen molar-refractivity contribution in [3.8, 4) is 0 Å². The van der Waals surface area contributed by atoms with Gasteiger partial charge >= 0.3 is 43.1 Å². The molecule has 0 rings (SSSR count). The molecule has 0 aliphatic carbocycles. The number of halogens is 2. The molecule has 0 aliphatic rings. The van der Waals surface area contributed by atoms with Crippen molar-refractivity contribution in [2.24, 2.45) is 0 Å². The van der Waals surface area contributed by atoms with Gasteiger partial charge in [-0.3, -0.25) is 0 Å². The van der Waals surface area contributed by atoms with Gasteiger partial charge in [0.25, 0.3) is 0 Å². The van der Waals surface area contributed by atoms with Crippen LogP contribution in [0.25, 0.3) is 0 Å². The Hall–Kier alpha value is 1.30. The Bertz CT molecular complexity index is 423. The van der Waals surface area contributed by atoms with E-state index < -0.39 is 49.4 Å². The topological polar surface area (TPSA) is 138 Å². The Labute approximate surface area is 183 Å². The van der Waals surface area contributed by atoms with Crippen LogP contribution in [0.5, 0.6) is 0 Å². The zero-order valence-electron chi connectivity index (χ0n) is 16.8. The number of unbranched alkanes of at least 4 members (excludes halogenated alkanes) is 4. The predicted molar refractivity (Wildman–Crippen MR) is 118 cm³/mol. The van der Waals surface area contributed by atoms with Gasteiger partial charge in [0.1, 0.15) is 0 Å². The third kappa shape index (κ3) is 19.3. The van der Waals surface area contributed by atoms with Gasteiger partial charge in [0.2, 0.25) is 0 Å². The molecule has 0 aliphatic heterocycles. The molecule has 0 bridgehead atoms. The second-order valence-corrected chi connectivity index (χ2v) is 24.3. The standard InChI is InChI=1S/C12H34Cl2O9Si5/c1-26(2,18)21-24(17)20-25(22-27(3,4)19)23-28(13,14)11-9-7-5-6-8-10-12(15)16/h12,15-19,24-25H,5-11H2,1-4H3. The van der Waals surface area contributed by atoms with E-state index in [1.54, 1.807) is 0 Å². The molecule has 9 nitrogen and oxygen atoms in total. The molecule has 0 fully saturated rings. The molecule has 16 heteroatoms. The smallest absolute Gasteiger partial charge is 0.411 e. The Kier molecular flexibility index (Phi) is 14.3. The maximum Gasteiger partial charge on any atom is 0.464 e. The summed E-state index contributed by atoms with van der Waals surface area (Å²) in [6.45, 7) is 2.83. The van der Waals surface area contributed by atoms with Crippen molar-refractivity contribution in [3.63, 3.8) is 0 Å². The Balaban J connectivity index is 4.48. The van der Waals surface area contributed by atoms with Crippen LogP contribution < -0.4 is 0 Å². The largest absolute Gasteiger partial charge is 0.464 e. The van der Waals surface area contributed by atoms with E-state index in [9.17, 15) is 14.4 Å². The quantitative estimate of drug-likeness (QED) is 0.0849. The molecule has 0 radical (unpaired) electrons. The third-order valence-corrected chi connectivity index (χ3v) is 17.0. The van der Waals surface area contributed by atoms with Gasteiger partial charge in [-0.1, -0.05) is 25.7 Å². The van der Waals surface area contributed by atoms with Gasteiger partial charge in [0, 0.05) is 0 Å². The first-order chi connectivity index (χ1) is 12.6. The minimum atomic E-state index is -3.22. The van der Waals surface area contributed by atoms with Crippen molar-refractivity contribution in [3.05, 3.63) is 0 Å². The van der Waals surface area contributed by atoms with Crippen molar-refractivity contribution < 1.29 is 41.1 Å². The number of aliphatic hydroxyl groups is 2. The molecule has 28 heavy (non-hydrogen) atoms. The highest BCUT2D eigenvalue weighted by atomic mass is 35.7. The Morgan fingerprint density at radius 2 is 1.32 bits per heavy atom. The summed E-state index contributed by atoms with van der Waals surface area (Å²) < 4.78 is 21.6. The third-order valence-electron chi connectivity index (χ3n) is 3.20. The van der Waals surface area contributed by atoms with Crippen LogP contribution in [-0.2, 0) is 16.5 Å². The van der Waals surface area contributed by atoms with Crippen LogP contribution in [0.4, 0.5) is 0 Å². The molecule has 2 unspecified atom stereocenters. The van der Waals surface area contributed by atoms with Gasteiger partial charge < -0.3 is 41.1 Å². The van der Waals surface area contributed by atoms with E-state index in [1.165, 1.54) is 26.2 Å². The summed E-state index contributed by atoms with van der Waals surface area (Å²) in [4.78, 5) is 29.7. The summed E-state index contributed by atoms with van der Waals surface area (Å²) in [5.74, 6) is 0. The van der Waals surface area contributed by atoms with Crippen LogP contribution >= 0.6 is 22.2 Å². The molecule has 0 aromatic carbocycles. The lowest BCUT2D eigenvalue weighted by Crippen LogP contribution is -2.50. The summed E-state index contributed by atoms with van der Waals surface area (Å²) in [5, 5.41) is 17.6. The van der Waals surface area contributed by atoms with Crippen LogP contribution in [0.2, 0.25) is 32.2 Å². The summed E-state index contributed by atoms with van der Waals surface area (Å²) in [6.07, 6.45) is 3.19. The van der Waals surface area contributed by atoms with E-state index in [0.29, 0.717) is 12.5 Å². The molecule has 0 heterocycles. The van der Waals surface area contributed by atoms with Crippen molar-refractivity contribution in [2.45, 2.75) is 77.0 Å². The first-order valence-corrected chi connectivity index (χ1v) is 21.9. The van der Waals surface area contributed by atoms with Gasteiger partial charge in [-0.05, 0) is 45.1 Å². The summed E-state index contributed by atoms with van der Waals surface area (Å²) in [6, 6.07) is 0.418. The highest BCUT2D eigenvalue weighted by molar-refractivity contribution is 7.43. The molecule has 170 valence electrons.